The summed E-state index contributed by atoms with van der Waals surface area (Å²) in [7, 11) is 4.26. The molecule has 3 heterocycles. The fraction of sp³-hybridized carbons (Fsp3) is 0.718. The number of pyridine rings is 1. The Morgan fingerprint density at radius 1 is 1.02 bits per heavy atom. The quantitative estimate of drug-likeness (QED) is 0.125. The number of ether oxygens (including phenoxy) is 2. The number of piperazine rings is 1. The summed E-state index contributed by atoms with van der Waals surface area (Å²) in [6.45, 7) is 25.4. The van der Waals surface area contributed by atoms with Crippen LogP contribution in [0.3, 0.4) is 0 Å². The van der Waals surface area contributed by atoms with Gasteiger partial charge in [-0.05, 0) is 98.6 Å². The number of imidazole rings is 1. The number of esters is 1. The van der Waals surface area contributed by atoms with E-state index in [1.54, 1.807) is 0 Å². The second kappa shape index (κ2) is 18.3. The first-order valence-electron chi connectivity index (χ1n) is 18.7. The normalized spacial score (nSPS) is 15.1. The van der Waals surface area contributed by atoms with Crippen molar-refractivity contribution in [2.75, 3.05) is 70.6 Å². The molecular weight excluding hydrogens is 614 g/mol. The topological polar surface area (TPSA) is 102 Å². The summed E-state index contributed by atoms with van der Waals surface area (Å²) in [6.07, 6.45) is 5.78. The molecule has 0 saturated carbocycles. The van der Waals surface area contributed by atoms with Crippen LogP contribution in [0.25, 0.3) is 21.9 Å². The molecular formula is C39H67N7O3. The maximum absolute atomic E-state index is 12.2. The molecule has 0 spiro atoms. The van der Waals surface area contributed by atoms with Crippen molar-refractivity contribution in [3.8, 4) is 0 Å². The molecule has 1 fully saturated rings. The van der Waals surface area contributed by atoms with Gasteiger partial charge in [-0.1, -0.05) is 34.1 Å². The molecule has 3 aromatic rings. The number of benzene rings is 1. The third-order valence-corrected chi connectivity index (χ3v) is 8.79. The van der Waals surface area contributed by atoms with Gasteiger partial charge in [0, 0.05) is 56.8 Å². The number of carbonyl (C=O) groups is 1. The highest BCUT2D eigenvalue weighted by Gasteiger charge is 2.28. The van der Waals surface area contributed by atoms with Gasteiger partial charge in [-0.15, -0.1) is 0 Å². The van der Waals surface area contributed by atoms with E-state index in [2.05, 4.69) is 72.3 Å². The minimum absolute atomic E-state index is 0.0993. The second-order valence-electron chi connectivity index (χ2n) is 15.4. The lowest BCUT2D eigenvalue weighted by atomic mass is 10.1. The Labute approximate surface area is 296 Å². The summed E-state index contributed by atoms with van der Waals surface area (Å²) < 4.78 is 14.2. The standard InChI is InChI=1S/C37H61N7O3.C2H6/c1-10-11-14-31-40-33-34(44(31)18-13-12-17-41(8)9)29-24-28(15-16-30(29)39-35(33)38)43-21-19-42(20-22-43)26-37(6,7)46-25-27(2)23-32(45)47-36(3,4)5;1-2/h15-16,24,27H,10-14,17-23,25-26H2,1-9H3,(H2,38,39);1-2H3. The van der Waals surface area contributed by atoms with Crippen molar-refractivity contribution in [1.82, 2.24) is 24.3 Å². The molecule has 1 unspecified atom stereocenters. The van der Waals surface area contributed by atoms with Crippen molar-refractivity contribution in [1.29, 1.82) is 0 Å². The zero-order chi connectivity index (χ0) is 36.4. The molecule has 1 atom stereocenters. The number of rotatable bonds is 16. The van der Waals surface area contributed by atoms with Crippen LogP contribution >= 0.6 is 0 Å². The molecule has 49 heavy (non-hydrogen) atoms. The van der Waals surface area contributed by atoms with Crippen LogP contribution < -0.4 is 10.6 Å². The van der Waals surface area contributed by atoms with E-state index in [9.17, 15) is 4.79 Å². The van der Waals surface area contributed by atoms with Gasteiger partial charge in [0.05, 0.1) is 29.7 Å². The average Bonchev–Trinajstić information content (AvgIpc) is 3.40. The largest absolute Gasteiger partial charge is 0.460 e. The number of aromatic nitrogens is 3. The second-order valence-corrected chi connectivity index (χ2v) is 15.4. The SMILES string of the molecule is CC.CCCCc1nc2c(N)nc3ccc(N4CCN(CC(C)(C)OCC(C)CC(=O)OC(C)(C)C)CC4)cc3c2n1CCCCN(C)C. The average molecular weight is 682 g/mol. The molecule has 0 aliphatic carbocycles. The van der Waals surface area contributed by atoms with E-state index < -0.39 is 5.60 Å². The molecule has 0 radical (unpaired) electrons. The van der Waals surface area contributed by atoms with Crippen LogP contribution in [0.4, 0.5) is 11.5 Å². The number of aryl methyl sites for hydroxylation is 2. The molecule has 276 valence electrons. The molecule has 10 heteroatoms. The number of carbonyl (C=O) groups excluding carboxylic acids is 1. The molecule has 0 amide bonds. The Kier molecular flexibility index (Phi) is 15.1. The van der Waals surface area contributed by atoms with Crippen LogP contribution in [-0.2, 0) is 27.2 Å². The molecule has 2 aromatic heterocycles. The number of nitrogen functional groups attached to an aromatic ring is 1. The molecule has 4 rings (SSSR count). The van der Waals surface area contributed by atoms with Crippen molar-refractivity contribution >= 4 is 39.4 Å². The molecule has 1 saturated heterocycles. The van der Waals surface area contributed by atoms with Gasteiger partial charge < -0.3 is 29.6 Å². The third-order valence-electron chi connectivity index (χ3n) is 8.79. The predicted molar refractivity (Wildman–Crippen MR) is 206 cm³/mol. The van der Waals surface area contributed by atoms with Gasteiger partial charge >= 0.3 is 5.97 Å². The first-order chi connectivity index (χ1) is 23.2. The van der Waals surface area contributed by atoms with Crippen molar-refractivity contribution in [2.45, 2.75) is 119 Å². The number of anilines is 2. The number of unbranched alkanes of at least 4 members (excludes halogenated alkanes) is 2. The van der Waals surface area contributed by atoms with Crippen molar-refractivity contribution in [3.63, 3.8) is 0 Å². The lowest BCUT2D eigenvalue weighted by Gasteiger charge is -2.40. The first-order valence-corrected chi connectivity index (χ1v) is 18.7. The van der Waals surface area contributed by atoms with Crippen molar-refractivity contribution < 1.29 is 14.3 Å². The molecule has 10 nitrogen and oxygen atoms in total. The maximum Gasteiger partial charge on any atom is 0.306 e. The molecule has 1 aliphatic rings. The Bertz CT molecular complexity index is 1470. The summed E-state index contributed by atoms with van der Waals surface area (Å²) in [5.41, 5.74) is 9.84. The molecule has 1 aliphatic heterocycles. The number of hydrogen-bond acceptors (Lipinski definition) is 9. The van der Waals surface area contributed by atoms with Crippen LogP contribution in [0.5, 0.6) is 0 Å². The fourth-order valence-electron chi connectivity index (χ4n) is 6.45. The van der Waals surface area contributed by atoms with Crippen molar-refractivity contribution in [2.24, 2.45) is 5.92 Å². The van der Waals surface area contributed by atoms with Gasteiger partial charge in [0.2, 0.25) is 0 Å². The van der Waals surface area contributed by atoms with Crippen LogP contribution in [0.15, 0.2) is 18.2 Å². The Morgan fingerprint density at radius 3 is 2.35 bits per heavy atom. The molecule has 2 N–H and O–H groups in total. The van der Waals surface area contributed by atoms with Crippen molar-refractivity contribution in [3.05, 3.63) is 24.0 Å². The van der Waals surface area contributed by atoms with Gasteiger partial charge in [0.15, 0.2) is 5.82 Å². The van der Waals surface area contributed by atoms with Crippen LogP contribution in [0, 0.1) is 5.92 Å². The highest BCUT2D eigenvalue weighted by molar-refractivity contribution is 6.07. The highest BCUT2D eigenvalue weighted by Crippen LogP contribution is 2.33. The van der Waals surface area contributed by atoms with Gasteiger partial charge in [0.1, 0.15) is 16.9 Å². The van der Waals surface area contributed by atoms with Gasteiger partial charge in [-0.3, -0.25) is 9.69 Å². The number of hydrogen-bond donors (Lipinski definition) is 1. The molecule has 0 bridgehead atoms. The number of nitrogens with two attached hydrogens (primary N) is 1. The zero-order valence-corrected chi connectivity index (χ0v) is 32.7. The minimum Gasteiger partial charge on any atom is -0.460 e. The summed E-state index contributed by atoms with van der Waals surface area (Å²) in [4.78, 5) is 29.3. The van der Waals surface area contributed by atoms with Gasteiger partial charge in [0.25, 0.3) is 0 Å². The van der Waals surface area contributed by atoms with E-state index in [1.165, 1.54) is 5.69 Å². The van der Waals surface area contributed by atoms with E-state index in [1.807, 2.05) is 41.5 Å². The zero-order valence-electron chi connectivity index (χ0n) is 32.7. The smallest absolute Gasteiger partial charge is 0.306 e. The van der Waals surface area contributed by atoms with Gasteiger partial charge in [-0.2, -0.15) is 0 Å². The number of fused-ring (bicyclic) bond motifs is 3. The maximum atomic E-state index is 12.2. The lowest BCUT2D eigenvalue weighted by Crippen LogP contribution is -2.51. The highest BCUT2D eigenvalue weighted by atomic mass is 16.6. The van der Waals surface area contributed by atoms with E-state index in [-0.39, 0.29) is 17.5 Å². The Balaban J connectivity index is 0.00000319. The summed E-state index contributed by atoms with van der Waals surface area (Å²) >= 11 is 0. The van der Waals surface area contributed by atoms with E-state index in [0.717, 1.165) is 106 Å². The summed E-state index contributed by atoms with van der Waals surface area (Å²) in [5.74, 6) is 1.57. The van der Waals surface area contributed by atoms with E-state index in [0.29, 0.717) is 18.8 Å². The predicted octanol–water partition coefficient (Wildman–Crippen LogP) is 7.16. The Morgan fingerprint density at radius 2 is 1.71 bits per heavy atom. The first kappa shape index (κ1) is 40.5. The minimum atomic E-state index is -0.463. The van der Waals surface area contributed by atoms with Gasteiger partial charge in [-0.25, -0.2) is 9.97 Å². The monoisotopic (exact) mass is 682 g/mol. The molecule has 1 aromatic carbocycles. The summed E-state index contributed by atoms with van der Waals surface area (Å²) in [6, 6.07) is 6.61. The van der Waals surface area contributed by atoms with E-state index >= 15 is 0 Å². The van der Waals surface area contributed by atoms with Crippen LogP contribution in [-0.4, -0.2) is 101 Å². The van der Waals surface area contributed by atoms with Crippen LogP contribution in [0.2, 0.25) is 0 Å². The van der Waals surface area contributed by atoms with E-state index in [4.69, 9.17) is 25.2 Å². The third kappa shape index (κ3) is 12.1. The lowest BCUT2D eigenvalue weighted by molar-refractivity contribution is -0.157. The summed E-state index contributed by atoms with van der Waals surface area (Å²) in [5, 5.41) is 1.13. The van der Waals surface area contributed by atoms with Crippen LogP contribution in [0.1, 0.15) is 100 Å². The Hall–Kier alpha value is -2.95. The number of nitrogens with zero attached hydrogens (tertiary/aromatic N) is 6. The fourth-order valence-corrected chi connectivity index (χ4v) is 6.45.